The molecular weight excluding hydrogens is 357 g/mol. The summed E-state index contributed by atoms with van der Waals surface area (Å²) in [6.07, 6.45) is -4.65. The molecule has 142 valence electrons. The van der Waals surface area contributed by atoms with Crippen LogP contribution in [0.5, 0.6) is 11.5 Å². The minimum absolute atomic E-state index is 0.0938. The number of amides is 3. The van der Waals surface area contributed by atoms with Crippen molar-refractivity contribution in [2.24, 2.45) is 0 Å². The number of hydrogen-bond donors (Lipinski definition) is 2. The molecule has 1 saturated heterocycles. The summed E-state index contributed by atoms with van der Waals surface area (Å²) in [7, 11) is 2.42. The standard InChI is InChI=1S/C16H17F3N2O5/c1-8(22)11-12(14(24)21-6-4-5-20(2)15(21)25)9(16(17,18)19)7-10(26-3)13(11)23/h7,22-23H,1,4-6H2,2-3H3. The van der Waals surface area contributed by atoms with E-state index in [0.29, 0.717) is 23.9 Å². The van der Waals surface area contributed by atoms with Gasteiger partial charge in [0, 0.05) is 20.1 Å². The van der Waals surface area contributed by atoms with Gasteiger partial charge in [-0.25, -0.2) is 4.79 Å². The van der Waals surface area contributed by atoms with Gasteiger partial charge in [0.05, 0.1) is 23.8 Å². The average Bonchev–Trinajstić information content (AvgIpc) is 2.54. The number of rotatable bonds is 3. The number of nitrogens with zero attached hydrogens (tertiary/aromatic N) is 2. The van der Waals surface area contributed by atoms with Gasteiger partial charge in [-0.05, 0) is 12.5 Å². The van der Waals surface area contributed by atoms with Crippen LogP contribution in [0.4, 0.5) is 18.0 Å². The normalized spacial score (nSPS) is 15.2. The summed E-state index contributed by atoms with van der Waals surface area (Å²) in [4.78, 5) is 26.8. The number of carbonyl (C=O) groups excluding carboxylic acids is 2. The molecular formula is C16H17F3N2O5. The Balaban J connectivity index is 2.76. The molecule has 1 fully saturated rings. The highest BCUT2D eigenvalue weighted by Crippen LogP contribution is 2.44. The van der Waals surface area contributed by atoms with Gasteiger partial charge in [0.25, 0.3) is 5.91 Å². The zero-order valence-electron chi connectivity index (χ0n) is 14.1. The number of benzene rings is 1. The van der Waals surface area contributed by atoms with Crippen molar-refractivity contribution in [2.45, 2.75) is 12.6 Å². The molecule has 1 heterocycles. The van der Waals surface area contributed by atoms with Crippen LogP contribution in [0.3, 0.4) is 0 Å². The molecule has 0 bridgehead atoms. The molecule has 0 atom stereocenters. The van der Waals surface area contributed by atoms with Crippen LogP contribution < -0.4 is 4.74 Å². The smallest absolute Gasteiger partial charge is 0.417 e. The average molecular weight is 374 g/mol. The number of methoxy groups -OCH3 is 1. The summed E-state index contributed by atoms with van der Waals surface area (Å²) in [5.74, 6) is -3.74. The lowest BCUT2D eigenvalue weighted by atomic mass is 9.96. The van der Waals surface area contributed by atoms with Crippen molar-refractivity contribution in [1.82, 2.24) is 9.80 Å². The Morgan fingerprint density at radius 1 is 1.31 bits per heavy atom. The summed E-state index contributed by atoms with van der Waals surface area (Å²) in [5.41, 5.74) is -3.35. The maximum atomic E-state index is 13.5. The second kappa shape index (κ2) is 6.77. The molecule has 26 heavy (non-hydrogen) atoms. The number of aromatic hydroxyl groups is 1. The monoisotopic (exact) mass is 374 g/mol. The zero-order valence-corrected chi connectivity index (χ0v) is 14.1. The lowest BCUT2D eigenvalue weighted by Crippen LogP contribution is -2.50. The van der Waals surface area contributed by atoms with Crippen molar-refractivity contribution >= 4 is 17.7 Å². The predicted molar refractivity (Wildman–Crippen MR) is 85.0 cm³/mol. The molecule has 1 aliphatic rings. The SMILES string of the molecule is C=C(O)c1c(O)c(OC)cc(C(F)(F)F)c1C(=O)N1CCCN(C)C1=O. The molecule has 0 saturated carbocycles. The van der Waals surface area contributed by atoms with Crippen molar-refractivity contribution in [3.05, 3.63) is 29.3 Å². The van der Waals surface area contributed by atoms with E-state index in [1.165, 1.54) is 11.9 Å². The first-order valence-corrected chi connectivity index (χ1v) is 7.47. The first-order chi connectivity index (χ1) is 12.0. The van der Waals surface area contributed by atoms with Gasteiger partial charge < -0.3 is 19.8 Å². The number of urea groups is 1. The number of phenols is 1. The summed E-state index contributed by atoms with van der Waals surface area (Å²) in [6, 6.07) is -0.341. The van der Waals surface area contributed by atoms with Crippen LogP contribution in [-0.2, 0) is 6.18 Å². The molecule has 1 aromatic rings. The van der Waals surface area contributed by atoms with Gasteiger partial charge in [-0.3, -0.25) is 9.69 Å². The maximum absolute atomic E-state index is 13.5. The molecule has 10 heteroatoms. The van der Waals surface area contributed by atoms with E-state index in [9.17, 15) is 33.0 Å². The number of aliphatic hydroxyl groups excluding tert-OH is 1. The van der Waals surface area contributed by atoms with Crippen LogP contribution in [0, 0.1) is 0 Å². The highest BCUT2D eigenvalue weighted by molar-refractivity contribution is 6.08. The fourth-order valence-electron chi connectivity index (χ4n) is 2.72. The topological polar surface area (TPSA) is 90.3 Å². The molecule has 2 rings (SSSR count). The van der Waals surface area contributed by atoms with Gasteiger partial charge in [0.15, 0.2) is 11.5 Å². The van der Waals surface area contributed by atoms with E-state index >= 15 is 0 Å². The van der Waals surface area contributed by atoms with Gasteiger partial charge in [-0.15, -0.1) is 0 Å². The molecule has 0 aliphatic carbocycles. The van der Waals surface area contributed by atoms with Gasteiger partial charge in [0.1, 0.15) is 5.76 Å². The first-order valence-electron chi connectivity index (χ1n) is 7.47. The molecule has 0 unspecified atom stereocenters. The first kappa shape index (κ1) is 19.4. The van der Waals surface area contributed by atoms with Crippen molar-refractivity contribution < 1.29 is 37.7 Å². The van der Waals surface area contributed by atoms with Crippen molar-refractivity contribution in [2.75, 3.05) is 27.2 Å². The number of imide groups is 1. The Bertz CT molecular complexity index is 776. The van der Waals surface area contributed by atoms with E-state index in [1.54, 1.807) is 0 Å². The van der Waals surface area contributed by atoms with E-state index in [0.717, 1.165) is 7.11 Å². The van der Waals surface area contributed by atoms with Crippen molar-refractivity contribution in [3.63, 3.8) is 0 Å². The van der Waals surface area contributed by atoms with Gasteiger partial charge >= 0.3 is 12.2 Å². The predicted octanol–water partition coefficient (Wildman–Crippen LogP) is 2.85. The number of carbonyl (C=O) groups is 2. The van der Waals surface area contributed by atoms with Crippen LogP contribution in [0.25, 0.3) is 5.76 Å². The largest absolute Gasteiger partial charge is 0.508 e. The van der Waals surface area contributed by atoms with Gasteiger partial charge in [0.2, 0.25) is 0 Å². The minimum Gasteiger partial charge on any atom is -0.508 e. The third-order valence-electron chi connectivity index (χ3n) is 3.97. The van der Waals surface area contributed by atoms with Crippen LogP contribution in [0.2, 0.25) is 0 Å². The Morgan fingerprint density at radius 2 is 1.92 bits per heavy atom. The second-order valence-corrected chi connectivity index (χ2v) is 5.68. The minimum atomic E-state index is -5.01. The summed E-state index contributed by atoms with van der Waals surface area (Å²) >= 11 is 0. The summed E-state index contributed by atoms with van der Waals surface area (Å²) in [6.45, 7) is 3.37. The number of halogens is 3. The molecule has 0 spiro atoms. The van der Waals surface area contributed by atoms with Crippen molar-refractivity contribution in [1.29, 1.82) is 0 Å². The Morgan fingerprint density at radius 3 is 2.42 bits per heavy atom. The van der Waals surface area contributed by atoms with Crippen LogP contribution in [0.15, 0.2) is 12.6 Å². The van der Waals surface area contributed by atoms with Crippen LogP contribution in [0.1, 0.15) is 27.9 Å². The van der Waals surface area contributed by atoms with Crippen LogP contribution >= 0.6 is 0 Å². The lowest BCUT2D eigenvalue weighted by molar-refractivity contribution is -0.138. The van der Waals surface area contributed by atoms with Gasteiger partial charge in [-0.2, -0.15) is 13.2 Å². The second-order valence-electron chi connectivity index (χ2n) is 5.68. The maximum Gasteiger partial charge on any atom is 0.417 e. The van der Waals surface area contributed by atoms with E-state index in [2.05, 4.69) is 11.3 Å². The molecule has 1 aromatic carbocycles. The molecule has 2 N–H and O–H groups in total. The highest BCUT2D eigenvalue weighted by Gasteiger charge is 2.42. The number of hydrogen-bond acceptors (Lipinski definition) is 5. The number of aliphatic hydroxyl groups is 1. The molecule has 0 aromatic heterocycles. The third kappa shape index (κ3) is 3.26. The van der Waals surface area contributed by atoms with E-state index in [1.807, 2.05) is 0 Å². The lowest BCUT2D eigenvalue weighted by Gasteiger charge is -2.33. The molecule has 3 amide bonds. The third-order valence-corrected chi connectivity index (χ3v) is 3.97. The Kier molecular flexibility index (Phi) is 5.06. The zero-order chi connectivity index (χ0) is 19.8. The fraction of sp³-hybridized carbons (Fsp3) is 0.375. The number of ether oxygens (including phenoxy) is 1. The van der Waals surface area contributed by atoms with E-state index < -0.39 is 52.1 Å². The van der Waals surface area contributed by atoms with Crippen molar-refractivity contribution in [3.8, 4) is 11.5 Å². The highest BCUT2D eigenvalue weighted by atomic mass is 19.4. The number of phenolic OH excluding ortho intramolecular Hbond substituents is 1. The summed E-state index contributed by atoms with van der Waals surface area (Å²) in [5, 5.41) is 19.8. The fourth-order valence-corrected chi connectivity index (χ4v) is 2.72. The van der Waals surface area contributed by atoms with E-state index in [4.69, 9.17) is 0 Å². The quantitative estimate of drug-likeness (QED) is 0.794. The van der Waals surface area contributed by atoms with E-state index in [-0.39, 0.29) is 6.54 Å². The number of alkyl halides is 3. The Hall–Kier alpha value is -2.91. The molecule has 7 nitrogen and oxygen atoms in total. The van der Waals surface area contributed by atoms with Crippen LogP contribution in [-0.4, -0.2) is 59.2 Å². The molecule has 0 radical (unpaired) electrons. The molecule has 1 aliphatic heterocycles. The Labute approximate surface area is 146 Å². The van der Waals surface area contributed by atoms with Gasteiger partial charge in [-0.1, -0.05) is 6.58 Å². The summed E-state index contributed by atoms with van der Waals surface area (Å²) < 4.78 is 45.3.